The Labute approximate surface area is 166 Å². The van der Waals surface area contributed by atoms with E-state index >= 15 is 0 Å². The molecule has 0 aliphatic carbocycles. The van der Waals surface area contributed by atoms with Crippen LogP contribution in [-0.4, -0.2) is 37.5 Å². The number of hydrogen-bond donors (Lipinski definition) is 3. The number of rotatable bonds is 5. The van der Waals surface area contributed by atoms with Crippen LogP contribution in [0.25, 0.3) is 33.5 Å². The quantitative estimate of drug-likeness (QED) is 0.421. The van der Waals surface area contributed by atoms with Crippen LogP contribution in [0.4, 0.5) is 11.5 Å². The Balaban J connectivity index is 1.62. The van der Waals surface area contributed by atoms with Crippen molar-refractivity contribution < 1.29 is 4.74 Å². The Morgan fingerprint density at radius 1 is 0.931 bits per heavy atom. The molecule has 0 spiro atoms. The van der Waals surface area contributed by atoms with Crippen LogP contribution in [-0.2, 0) is 0 Å². The van der Waals surface area contributed by atoms with Gasteiger partial charge in [0.25, 0.3) is 0 Å². The summed E-state index contributed by atoms with van der Waals surface area (Å²) in [6, 6.07) is 18.0. The monoisotopic (exact) mass is 383 g/mol. The van der Waals surface area contributed by atoms with Crippen molar-refractivity contribution in [2.24, 2.45) is 0 Å². The van der Waals surface area contributed by atoms with Gasteiger partial charge < -0.3 is 10.1 Å². The van der Waals surface area contributed by atoms with Gasteiger partial charge in [-0.1, -0.05) is 36.4 Å². The molecule has 8 nitrogen and oxygen atoms in total. The van der Waals surface area contributed by atoms with E-state index in [1.807, 2.05) is 42.5 Å². The fraction of sp³-hybridized carbons (Fsp3) is 0.0476. The highest BCUT2D eigenvalue weighted by atomic mass is 16.5. The Kier molecular flexibility index (Phi) is 4.14. The number of ether oxygens (including phenoxy) is 1. The lowest BCUT2D eigenvalue weighted by Gasteiger charge is -2.13. The summed E-state index contributed by atoms with van der Waals surface area (Å²) in [5.74, 6) is 1.33. The molecular weight excluding hydrogens is 366 g/mol. The summed E-state index contributed by atoms with van der Waals surface area (Å²) in [5, 5.41) is 18.4. The number of nitrogens with one attached hydrogen (secondary N) is 3. The molecule has 0 fully saturated rings. The van der Waals surface area contributed by atoms with Gasteiger partial charge in [0.1, 0.15) is 17.9 Å². The van der Waals surface area contributed by atoms with Crippen LogP contribution in [0.3, 0.4) is 0 Å². The van der Waals surface area contributed by atoms with E-state index in [2.05, 4.69) is 47.8 Å². The summed E-state index contributed by atoms with van der Waals surface area (Å²) < 4.78 is 5.56. The molecule has 2 aromatic carbocycles. The van der Waals surface area contributed by atoms with Gasteiger partial charge in [0.15, 0.2) is 5.65 Å². The molecule has 29 heavy (non-hydrogen) atoms. The average Bonchev–Trinajstić information content (AvgIpc) is 3.44. The third-order valence-electron chi connectivity index (χ3n) is 4.68. The fourth-order valence-electron chi connectivity index (χ4n) is 3.28. The van der Waals surface area contributed by atoms with E-state index in [1.54, 1.807) is 13.3 Å². The third kappa shape index (κ3) is 3.06. The molecule has 0 saturated heterocycles. The number of aromatic amines is 2. The van der Waals surface area contributed by atoms with Crippen LogP contribution in [0.5, 0.6) is 5.75 Å². The SMILES string of the molecule is COc1ccc(-c2ccccc2)cc1Nc1ncnc2n[nH]c(-c3ccn[nH]3)c12. The molecule has 0 radical (unpaired) electrons. The Bertz CT molecular complexity index is 1260. The molecule has 0 bridgehead atoms. The molecule has 0 aliphatic heterocycles. The third-order valence-corrected chi connectivity index (χ3v) is 4.68. The van der Waals surface area contributed by atoms with Crippen LogP contribution >= 0.6 is 0 Å². The van der Waals surface area contributed by atoms with Crippen LogP contribution in [0.2, 0.25) is 0 Å². The summed E-state index contributed by atoms with van der Waals surface area (Å²) >= 11 is 0. The number of methoxy groups -OCH3 is 1. The van der Waals surface area contributed by atoms with E-state index in [1.165, 1.54) is 6.33 Å². The minimum Gasteiger partial charge on any atom is -0.495 e. The second kappa shape index (κ2) is 7.08. The molecule has 0 saturated carbocycles. The van der Waals surface area contributed by atoms with Gasteiger partial charge in [-0.15, -0.1) is 0 Å². The number of H-pyrrole nitrogens is 2. The molecule has 8 heteroatoms. The molecular formula is C21H17N7O. The number of hydrogen-bond acceptors (Lipinski definition) is 6. The maximum Gasteiger partial charge on any atom is 0.186 e. The molecule has 3 N–H and O–H groups in total. The van der Waals surface area contributed by atoms with Crippen LogP contribution in [0.1, 0.15) is 0 Å². The number of anilines is 2. The minimum absolute atomic E-state index is 0.560. The number of nitrogens with zero attached hydrogens (tertiary/aromatic N) is 4. The topological polar surface area (TPSA) is 104 Å². The minimum atomic E-state index is 0.560. The van der Waals surface area contributed by atoms with E-state index in [4.69, 9.17) is 4.74 Å². The Hall–Kier alpha value is -4.20. The molecule has 0 aliphatic rings. The summed E-state index contributed by atoms with van der Waals surface area (Å²) in [6.45, 7) is 0. The van der Waals surface area contributed by atoms with Gasteiger partial charge in [0.05, 0.1) is 29.6 Å². The standard InChI is InChI=1S/C21H17N7O/c1-29-17-8-7-14(13-5-3-2-4-6-13)11-16(17)25-20-18-19(15-9-10-24-26-15)27-28-21(18)23-12-22-20/h2-12H,1H3,(H,24,26)(H2,22,23,25,27,28). The van der Waals surface area contributed by atoms with Crippen molar-refractivity contribution in [1.82, 2.24) is 30.4 Å². The average molecular weight is 383 g/mol. The van der Waals surface area contributed by atoms with Crippen molar-refractivity contribution in [3.8, 4) is 28.3 Å². The Morgan fingerprint density at radius 2 is 1.83 bits per heavy atom. The van der Waals surface area contributed by atoms with Crippen LogP contribution < -0.4 is 10.1 Å². The van der Waals surface area contributed by atoms with Gasteiger partial charge in [-0.25, -0.2) is 9.97 Å². The Morgan fingerprint density at radius 3 is 2.62 bits per heavy atom. The van der Waals surface area contributed by atoms with Crippen molar-refractivity contribution >= 4 is 22.5 Å². The first-order valence-electron chi connectivity index (χ1n) is 9.03. The predicted molar refractivity (Wildman–Crippen MR) is 111 cm³/mol. The van der Waals surface area contributed by atoms with E-state index in [-0.39, 0.29) is 0 Å². The zero-order valence-corrected chi connectivity index (χ0v) is 15.5. The zero-order valence-electron chi connectivity index (χ0n) is 15.5. The lowest BCUT2D eigenvalue weighted by atomic mass is 10.0. The summed E-state index contributed by atoms with van der Waals surface area (Å²) in [6.07, 6.45) is 3.17. The molecule has 0 amide bonds. The normalized spacial score (nSPS) is 10.9. The molecule has 3 aromatic heterocycles. The summed E-state index contributed by atoms with van der Waals surface area (Å²) in [4.78, 5) is 8.71. The first-order valence-corrected chi connectivity index (χ1v) is 9.03. The molecule has 5 aromatic rings. The van der Waals surface area contributed by atoms with Crippen LogP contribution in [0, 0.1) is 0 Å². The molecule has 3 heterocycles. The zero-order chi connectivity index (χ0) is 19.6. The largest absolute Gasteiger partial charge is 0.495 e. The maximum absolute atomic E-state index is 5.56. The number of fused-ring (bicyclic) bond motifs is 1. The van der Waals surface area contributed by atoms with Crippen molar-refractivity contribution in [3.05, 3.63) is 67.1 Å². The number of benzene rings is 2. The van der Waals surface area contributed by atoms with E-state index in [0.29, 0.717) is 17.2 Å². The summed E-state index contributed by atoms with van der Waals surface area (Å²) in [7, 11) is 1.64. The first-order chi connectivity index (χ1) is 14.3. The summed E-state index contributed by atoms with van der Waals surface area (Å²) in [5.41, 5.74) is 5.11. The van der Waals surface area contributed by atoms with Crippen molar-refractivity contribution in [1.29, 1.82) is 0 Å². The van der Waals surface area contributed by atoms with Gasteiger partial charge in [-0.2, -0.15) is 10.2 Å². The fourth-order valence-corrected chi connectivity index (χ4v) is 3.28. The van der Waals surface area contributed by atoms with E-state index in [0.717, 1.165) is 33.6 Å². The highest BCUT2D eigenvalue weighted by Gasteiger charge is 2.16. The van der Waals surface area contributed by atoms with Crippen molar-refractivity contribution in [2.75, 3.05) is 12.4 Å². The first kappa shape index (κ1) is 16.9. The predicted octanol–water partition coefficient (Wildman–Crippen LogP) is 4.16. The highest BCUT2D eigenvalue weighted by Crippen LogP contribution is 2.35. The van der Waals surface area contributed by atoms with E-state index < -0.39 is 0 Å². The highest BCUT2D eigenvalue weighted by molar-refractivity contribution is 5.99. The van der Waals surface area contributed by atoms with Gasteiger partial charge in [-0.3, -0.25) is 10.2 Å². The van der Waals surface area contributed by atoms with Gasteiger partial charge in [-0.05, 0) is 29.3 Å². The smallest absolute Gasteiger partial charge is 0.186 e. The maximum atomic E-state index is 5.56. The lowest BCUT2D eigenvalue weighted by Crippen LogP contribution is -1.99. The van der Waals surface area contributed by atoms with Gasteiger partial charge in [0.2, 0.25) is 0 Å². The molecule has 0 atom stereocenters. The molecule has 0 unspecified atom stereocenters. The lowest BCUT2D eigenvalue weighted by molar-refractivity contribution is 0.417. The van der Waals surface area contributed by atoms with Crippen molar-refractivity contribution in [2.45, 2.75) is 0 Å². The molecule has 142 valence electrons. The van der Waals surface area contributed by atoms with Crippen LogP contribution in [0.15, 0.2) is 67.1 Å². The van der Waals surface area contributed by atoms with Gasteiger partial charge in [0, 0.05) is 6.20 Å². The second-order valence-electron chi connectivity index (χ2n) is 6.40. The number of aromatic nitrogens is 6. The van der Waals surface area contributed by atoms with E-state index in [9.17, 15) is 0 Å². The van der Waals surface area contributed by atoms with Crippen molar-refractivity contribution in [3.63, 3.8) is 0 Å². The molecule has 5 rings (SSSR count). The second-order valence-corrected chi connectivity index (χ2v) is 6.40. The van der Waals surface area contributed by atoms with Gasteiger partial charge >= 0.3 is 0 Å².